The largest absolute Gasteiger partial charge is 0.364 e. The summed E-state index contributed by atoms with van der Waals surface area (Å²) in [5.74, 6) is 0. The van der Waals surface area contributed by atoms with E-state index in [1.807, 2.05) is 60.7 Å². The highest BCUT2D eigenvalue weighted by atomic mass is 32.1. The van der Waals surface area contributed by atoms with Gasteiger partial charge in [0, 0.05) is 7.05 Å². The minimum absolute atomic E-state index is 0.542. The summed E-state index contributed by atoms with van der Waals surface area (Å²) >= 11 is 5.30. The minimum atomic E-state index is 0.542. The van der Waals surface area contributed by atoms with Crippen LogP contribution in [0.5, 0.6) is 0 Å². The van der Waals surface area contributed by atoms with Crippen LogP contribution in [0.3, 0.4) is 0 Å². The van der Waals surface area contributed by atoms with Gasteiger partial charge in [-0.2, -0.15) is 5.10 Å². The maximum absolute atomic E-state index is 5.30. The van der Waals surface area contributed by atoms with Gasteiger partial charge in [-0.3, -0.25) is 0 Å². The zero-order valence-electron chi connectivity index (χ0n) is 11.9. The Labute approximate surface area is 130 Å². The number of hydrazone groups is 1. The summed E-state index contributed by atoms with van der Waals surface area (Å²) in [4.78, 5) is 0. The fourth-order valence-corrected chi connectivity index (χ4v) is 1.91. The number of thiocarbonyl (C=S) groups is 1. The first-order valence-corrected chi connectivity index (χ1v) is 6.99. The Bertz CT molecular complexity index is 633. The third-order valence-corrected chi connectivity index (χ3v) is 3.28. The summed E-state index contributed by atoms with van der Waals surface area (Å²) in [5, 5.41) is 9.65. The van der Waals surface area contributed by atoms with Crippen molar-refractivity contribution >= 4 is 35.3 Å². The molecule has 0 heterocycles. The second-order valence-electron chi connectivity index (χ2n) is 4.32. The van der Waals surface area contributed by atoms with Crippen LogP contribution in [0.15, 0.2) is 66.3 Å². The first kappa shape index (κ1) is 14.9. The van der Waals surface area contributed by atoms with E-state index < -0.39 is 0 Å². The first-order valence-electron chi connectivity index (χ1n) is 6.58. The molecule has 3 nitrogen and oxygen atoms in total. The molecule has 0 bridgehead atoms. The third kappa shape index (κ3) is 4.00. The Balaban J connectivity index is 2.23. The van der Waals surface area contributed by atoms with Crippen molar-refractivity contribution in [1.29, 1.82) is 0 Å². The number of hydrogen-bond donors (Lipinski definition) is 1. The molecule has 0 aliphatic carbocycles. The van der Waals surface area contributed by atoms with E-state index in [1.165, 1.54) is 0 Å². The highest BCUT2D eigenvalue weighted by molar-refractivity contribution is 7.80. The molecule has 4 heteroatoms. The summed E-state index contributed by atoms with van der Waals surface area (Å²) in [6.45, 7) is 3.74. The molecule has 0 aliphatic heterocycles. The maximum atomic E-state index is 5.30. The van der Waals surface area contributed by atoms with Gasteiger partial charge in [-0.1, -0.05) is 55.1 Å². The Morgan fingerprint density at radius 3 is 2.29 bits per heavy atom. The number of benzene rings is 2. The lowest BCUT2D eigenvalue weighted by Crippen LogP contribution is -2.33. The van der Waals surface area contributed by atoms with Crippen molar-refractivity contribution in [1.82, 2.24) is 5.32 Å². The maximum Gasteiger partial charge on any atom is 0.194 e. The Hall–Kier alpha value is -2.46. The Morgan fingerprint density at radius 1 is 1.10 bits per heavy atom. The SMILES string of the molecule is C=Cc1ccc(/C=N/N(C(=S)NC)c2ccccc2)cc1. The van der Waals surface area contributed by atoms with Crippen LogP contribution in [0.25, 0.3) is 6.08 Å². The van der Waals surface area contributed by atoms with E-state index in [-0.39, 0.29) is 0 Å². The van der Waals surface area contributed by atoms with Crippen molar-refractivity contribution in [3.8, 4) is 0 Å². The average molecular weight is 295 g/mol. The zero-order chi connectivity index (χ0) is 15.1. The van der Waals surface area contributed by atoms with Gasteiger partial charge in [-0.15, -0.1) is 0 Å². The highest BCUT2D eigenvalue weighted by Crippen LogP contribution is 2.14. The molecule has 21 heavy (non-hydrogen) atoms. The quantitative estimate of drug-likeness (QED) is 0.530. The number of hydrogen-bond acceptors (Lipinski definition) is 2. The van der Waals surface area contributed by atoms with Crippen molar-refractivity contribution in [2.24, 2.45) is 5.10 Å². The number of anilines is 1. The summed E-state index contributed by atoms with van der Waals surface area (Å²) in [6, 6.07) is 17.8. The molecule has 0 unspecified atom stereocenters. The molecule has 2 aromatic carbocycles. The molecule has 0 spiro atoms. The van der Waals surface area contributed by atoms with Crippen LogP contribution in [0.4, 0.5) is 5.69 Å². The summed E-state index contributed by atoms with van der Waals surface area (Å²) in [6.07, 6.45) is 3.59. The molecule has 0 saturated heterocycles. The first-order chi connectivity index (χ1) is 10.2. The van der Waals surface area contributed by atoms with E-state index >= 15 is 0 Å². The van der Waals surface area contributed by atoms with Gasteiger partial charge in [0.2, 0.25) is 0 Å². The molecule has 0 aliphatic rings. The number of nitrogens with zero attached hydrogens (tertiary/aromatic N) is 2. The molecule has 2 rings (SSSR count). The van der Waals surface area contributed by atoms with E-state index in [0.29, 0.717) is 5.11 Å². The average Bonchev–Trinajstić information content (AvgIpc) is 2.56. The molecule has 0 amide bonds. The van der Waals surface area contributed by atoms with Gasteiger partial charge in [-0.05, 0) is 35.5 Å². The van der Waals surface area contributed by atoms with Gasteiger partial charge >= 0.3 is 0 Å². The molecule has 0 radical (unpaired) electrons. The van der Waals surface area contributed by atoms with Crippen LogP contribution in [-0.4, -0.2) is 18.4 Å². The second-order valence-corrected chi connectivity index (χ2v) is 4.70. The number of nitrogens with one attached hydrogen (secondary N) is 1. The summed E-state index contributed by atoms with van der Waals surface area (Å²) < 4.78 is 0. The smallest absolute Gasteiger partial charge is 0.194 e. The monoisotopic (exact) mass is 295 g/mol. The zero-order valence-corrected chi connectivity index (χ0v) is 12.7. The standard InChI is InChI=1S/C17H17N3S/c1-3-14-9-11-15(12-10-14)13-19-20(17(21)18-2)16-7-5-4-6-8-16/h3-13H,1H2,2H3,(H,18,21)/b19-13+. The lowest BCUT2D eigenvalue weighted by molar-refractivity contribution is 1.06. The van der Waals surface area contributed by atoms with Crippen LogP contribution < -0.4 is 10.3 Å². The topological polar surface area (TPSA) is 27.6 Å². The van der Waals surface area contributed by atoms with Crippen LogP contribution in [0.2, 0.25) is 0 Å². The number of rotatable bonds is 4. The van der Waals surface area contributed by atoms with E-state index in [1.54, 1.807) is 18.3 Å². The van der Waals surface area contributed by atoms with E-state index in [4.69, 9.17) is 12.2 Å². The molecule has 1 N–H and O–H groups in total. The minimum Gasteiger partial charge on any atom is -0.364 e. The fourth-order valence-electron chi connectivity index (χ4n) is 1.75. The Morgan fingerprint density at radius 2 is 1.71 bits per heavy atom. The van der Waals surface area contributed by atoms with E-state index in [0.717, 1.165) is 16.8 Å². The van der Waals surface area contributed by atoms with Crippen molar-refractivity contribution in [2.75, 3.05) is 12.1 Å². The van der Waals surface area contributed by atoms with E-state index in [9.17, 15) is 0 Å². The molecular formula is C17H17N3S. The van der Waals surface area contributed by atoms with Crippen molar-refractivity contribution < 1.29 is 0 Å². The van der Waals surface area contributed by atoms with Gasteiger partial charge in [-0.25, -0.2) is 5.01 Å². The number of para-hydroxylation sites is 1. The predicted octanol–water partition coefficient (Wildman–Crippen LogP) is 3.67. The highest BCUT2D eigenvalue weighted by Gasteiger charge is 2.08. The van der Waals surface area contributed by atoms with Crippen LogP contribution in [0.1, 0.15) is 11.1 Å². The predicted molar refractivity (Wildman–Crippen MR) is 94.7 cm³/mol. The molecule has 0 aromatic heterocycles. The second kappa shape index (κ2) is 7.36. The molecular weight excluding hydrogens is 278 g/mol. The lowest BCUT2D eigenvalue weighted by atomic mass is 10.1. The summed E-state index contributed by atoms with van der Waals surface area (Å²) in [7, 11) is 1.78. The van der Waals surface area contributed by atoms with Gasteiger partial charge in [0.25, 0.3) is 0 Å². The molecule has 2 aromatic rings. The van der Waals surface area contributed by atoms with Gasteiger partial charge in [0.15, 0.2) is 5.11 Å². The van der Waals surface area contributed by atoms with Crippen LogP contribution >= 0.6 is 12.2 Å². The lowest BCUT2D eigenvalue weighted by Gasteiger charge is -2.19. The molecule has 0 atom stereocenters. The van der Waals surface area contributed by atoms with Gasteiger partial charge in [0.1, 0.15) is 0 Å². The molecule has 0 saturated carbocycles. The molecule has 0 fully saturated rings. The normalized spacial score (nSPS) is 10.3. The van der Waals surface area contributed by atoms with E-state index in [2.05, 4.69) is 17.0 Å². The Kier molecular flexibility index (Phi) is 5.23. The van der Waals surface area contributed by atoms with Crippen molar-refractivity contribution in [3.63, 3.8) is 0 Å². The van der Waals surface area contributed by atoms with Gasteiger partial charge < -0.3 is 5.32 Å². The molecule has 106 valence electrons. The summed E-state index contributed by atoms with van der Waals surface area (Å²) in [5.41, 5.74) is 2.99. The fraction of sp³-hybridized carbons (Fsp3) is 0.0588. The van der Waals surface area contributed by atoms with Gasteiger partial charge in [0.05, 0.1) is 11.9 Å². The third-order valence-electron chi connectivity index (χ3n) is 2.90. The van der Waals surface area contributed by atoms with Crippen molar-refractivity contribution in [3.05, 3.63) is 72.3 Å². The van der Waals surface area contributed by atoms with Crippen molar-refractivity contribution in [2.45, 2.75) is 0 Å². The van der Waals surface area contributed by atoms with Crippen LogP contribution in [-0.2, 0) is 0 Å². The van der Waals surface area contributed by atoms with Crippen LogP contribution in [0, 0.1) is 0 Å².